The molecule has 0 saturated heterocycles. The molecule has 0 saturated carbocycles. The molecule has 0 aliphatic rings. The van der Waals surface area contributed by atoms with Crippen LogP contribution in [0.15, 0.2) is 203 Å². The molecule has 17 aromatic rings. The van der Waals surface area contributed by atoms with Crippen LogP contribution in [0.2, 0.25) is 0 Å². The van der Waals surface area contributed by atoms with Crippen LogP contribution in [0.4, 0.5) is 5.69 Å². The number of furan rings is 2. The van der Waals surface area contributed by atoms with Crippen LogP contribution in [0.1, 0.15) is 27.8 Å². The maximum Gasteiger partial charge on any atom is 0.232 e. The number of benzene rings is 11. The summed E-state index contributed by atoms with van der Waals surface area (Å²) in [6, 6.07) is 71.4. The fourth-order valence-electron chi connectivity index (χ4n) is 13.7. The van der Waals surface area contributed by atoms with E-state index in [1.54, 1.807) is 0 Å². The molecule has 0 aliphatic heterocycles. The Morgan fingerprint density at radius 2 is 0.700 bits per heavy atom. The third kappa shape index (κ3) is 5.71. The van der Waals surface area contributed by atoms with Crippen LogP contribution in [0.5, 0.6) is 0 Å². The van der Waals surface area contributed by atoms with Gasteiger partial charge in [0.1, 0.15) is 11.2 Å². The van der Waals surface area contributed by atoms with Crippen LogP contribution < -0.4 is 0 Å². The lowest BCUT2D eigenvalue weighted by atomic mass is 10.0. The van der Waals surface area contributed by atoms with Crippen LogP contribution in [0.3, 0.4) is 0 Å². The molecule has 6 aromatic heterocycles. The predicted molar refractivity (Wildman–Crippen MR) is 328 cm³/mol. The maximum absolute atomic E-state index is 12.6. The first-order valence-electron chi connectivity index (χ1n) is 27.0. The largest absolute Gasteiger partial charge is 0.454 e. The Kier molecular flexibility index (Phi) is 8.81. The fraction of sp³-hybridized carbons (Fsp3) is 0.0556. The van der Waals surface area contributed by atoms with Gasteiger partial charge in [-0.05, 0) is 113 Å². The van der Waals surface area contributed by atoms with Gasteiger partial charge < -0.3 is 27.1 Å². The van der Waals surface area contributed by atoms with E-state index < -0.39 is 0 Å². The van der Waals surface area contributed by atoms with Crippen molar-refractivity contribution >= 4 is 137 Å². The molecule has 0 amide bonds. The second kappa shape index (κ2) is 15.9. The van der Waals surface area contributed by atoms with Gasteiger partial charge >= 0.3 is 0 Å². The zero-order valence-electron chi connectivity index (χ0n) is 44.0. The lowest BCUT2D eigenvalue weighted by Crippen LogP contribution is -2.15. The number of nitriles is 1. The summed E-state index contributed by atoms with van der Waals surface area (Å²) < 4.78 is 23.4. The lowest BCUT2D eigenvalue weighted by molar-refractivity contribution is 0.670. The Hall–Kier alpha value is -10.8. The number of hydrogen-bond acceptors (Lipinski definition) is 3. The molecule has 0 N–H and O–H groups in total. The molecule has 0 atom stereocenters. The minimum absolute atomic E-state index is 0.196. The highest BCUT2D eigenvalue weighted by molar-refractivity contribution is 6.25. The van der Waals surface area contributed by atoms with Gasteiger partial charge in [0.05, 0.1) is 85.1 Å². The van der Waals surface area contributed by atoms with Crippen LogP contribution in [-0.4, -0.2) is 18.3 Å². The first-order valence-corrected chi connectivity index (χ1v) is 27.0. The topological polar surface area (TPSA) is 74.2 Å². The Bertz CT molecular complexity index is 5280. The second-order valence-corrected chi connectivity index (χ2v) is 21.7. The smallest absolute Gasteiger partial charge is 0.232 e. The SMILES string of the molecule is [C-]#[N+]c1c(C#N)c(-n2c3ccccc3c3ccc4c5ccccc5oc4c32)c(-n2c3ccc(C)cc3c3cc(C)ccc32)c(-n2c3ccc(C)cc3c3cc(C)ccc32)c1-n1c2ccccc2c2ccc3c4ccccc4oc3c21. The van der Waals surface area contributed by atoms with E-state index in [0.717, 1.165) is 154 Å². The monoisotopic (exact) mass is 1020 g/mol. The molecule has 80 heavy (non-hydrogen) atoms. The van der Waals surface area contributed by atoms with Crippen molar-refractivity contribution in [2.45, 2.75) is 27.7 Å². The third-order valence-electron chi connectivity index (χ3n) is 17.0. The number of aryl methyl sites for hydroxylation is 4. The first-order chi connectivity index (χ1) is 39.3. The van der Waals surface area contributed by atoms with Crippen molar-refractivity contribution in [2.75, 3.05) is 0 Å². The molecule has 0 radical (unpaired) electrons. The molecule has 374 valence electrons. The van der Waals surface area contributed by atoms with Crippen LogP contribution in [0.25, 0.3) is 159 Å². The average molecular weight is 1030 g/mol. The van der Waals surface area contributed by atoms with Gasteiger partial charge in [-0.2, -0.15) is 5.26 Å². The van der Waals surface area contributed by atoms with Crippen molar-refractivity contribution in [1.29, 1.82) is 5.26 Å². The van der Waals surface area contributed by atoms with E-state index in [0.29, 0.717) is 22.5 Å². The summed E-state index contributed by atoms with van der Waals surface area (Å²) in [7, 11) is 0. The van der Waals surface area contributed by atoms with Gasteiger partial charge in [-0.25, -0.2) is 4.85 Å². The summed E-state index contributed by atoms with van der Waals surface area (Å²) in [6.07, 6.45) is 0. The Balaban J connectivity index is 1.23. The van der Waals surface area contributed by atoms with E-state index in [9.17, 15) is 11.8 Å². The molecule has 0 bridgehead atoms. The van der Waals surface area contributed by atoms with Crippen LogP contribution in [0, 0.1) is 45.6 Å². The molecule has 6 heterocycles. The number of fused-ring (bicyclic) bond motifs is 20. The normalized spacial score (nSPS) is 12.2. The highest BCUT2D eigenvalue weighted by Gasteiger charge is 2.36. The van der Waals surface area contributed by atoms with E-state index in [1.165, 1.54) is 0 Å². The number of aromatic nitrogens is 4. The van der Waals surface area contributed by atoms with Gasteiger partial charge in [-0.15, -0.1) is 0 Å². The van der Waals surface area contributed by atoms with E-state index in [4.69, 9.17) is 13.7 Å². The molecule has 8 nitrogen and oxygen atoms in total. The minimum Gasteiger partial charge on any atom is -0.454 e. The Morgan fingerprint density at radius 3 is 1.11 bits per heavy atom. The standard InChI is InChI=1S/C72H44N6O2/c1-39-22-30-58-51(34-39)52-35-40(2)23-31-59(52)75(58)69-65(77-56-18-10-6-14-43(56)47-26-28-49-45-16-8-12-20-62(45)79-71(49)66(47)77)55(38-73)64(74-5)68(70(69)76-60-32-24-41(3)36-53(60)54-37-42(4)25-33-61(54)76)78-57-19-11-7-15-44(57)48-27-29-50-46-17-9-13-21-63(46)80-72(50)67(48)78/h6-37H,1-4H3. The average Bonchev–Trinajstić information content (AvgIpc) is 4.46. The molecular formula is C72H44N6O2. The third-order valence-corrected chi connectivity index (χ3v) is 17.0. The van der Waals surface area contributed by atoms with Crippen molar-refractivity contribution in [3.8, 4) is 28.8 Å². The van der Waals surface area contributed by atoms with Gasteiger partial charge in [0, 0.05) is 64.6 Å². The number of hydrogen-bond donors (Lipinski definition) is 0. The highest BCUT2D eigenvalue weighted by Crippen LogP contribution is 2.53. The van der Waals surface area contributed by atoms with Crippen LogP contribution >= 0.6 is 0 Å². The summed E-state index contributed by atoms with van der Waals surface area (Å²) in [4.78, 5) is 4.71. The van der Waals surface area contributed by atoms with E-state index in [1.807, 2.05) is 36.4 Å². The molecule has 0 unspecified atom stereocenters. The van der Waals surface area contributed by atoms with Gasteiger partial charge in [0.2, 0.25) is 5.69 Å². The maximum atomic E-state index is 12.6. The summed E-state index contributed by atoms with van der Waals surface area (Å²) >= 11 is 0. The second-order valence-electron chi connectivity index (χ2n) is 21.7. The van der Waals surface area contributed by atoms with Crippen LogP contribution in [-0.2, 0) is 0 Å². The summed E-state index contributed by atoms with van der Waals surface area (Å²) in [5.74, 6) is 0. The molecule has 17 rings (SSSR count). The van der Waals surface area contributed by atoms with Crippen molar-refractivity contribution in [3.63, 3.8) is 0 Å². The summed E-state index contributed by atoms with van der Waals surface area (Å²) in [5.41, 5.74) is 17.5. The minimum atomic E-state index is 0.196. The summed E-state index contributed by atoms with van der Waals surface area (Å²) in [6.45, 7) is 18.4. The molecule has 8 heteroatoms. The Labute approximate surface area is 456 Å². The lowest BCUT2D eigenvalue weighted by Gasteiger charge is -2.28. The van der Waals surface area contributed by atoms with E-state index in [-0.39, 0.29) is 11.3 Å². The molecule has 11 aromatic carbocycles. The predicted octanol–water partition coefficient (Wildman–Crippen LogP) is 19.5. The van der Waals surface area contributed by atoms with Crippen molar-refractivity contribution in [3.05, 3.63) is 233 Å². The van der Waals surface area contributed by atoms with Gasteiger partial charge in [0.15, 0.2) is 11.2 Å². The number of nitrogens with zero attached hydrogens (tertiary/aromatic N) is 6. The zero-order valence-corrected chi connectivity index (χ0v) is 44.0. The molecule has 0 aliphatic carbocycles. The van der Waals surface area contributed by atoms with E-state index >= 15 is 0 Å². The molecular weight excluding hydrogens is 981 g/mol. The highest BCUT2D eigenvalue weighted by atomic mass is 16.3. The van der Waals surface area contributed by atoms with Crippen molar-refractivity contribution in [2.24, 2.45) is 0 Å². The number of rotatable bonds is 4. The molecule has 0 fully saturated rings. The quantitative estimate of drug-likeness (QED) is 0.165. The number of para-hydroxylation sites is 4. The van der Waals surface area contributed by atoms with Gasteiger partial charge in [0.25, 0.3) is 0 Å². The fourth-order valence-corrected chi connectivity index (χ4v) is 13.7. The van der Waals surface area contributed by atoms with Gasteiger partial charge in [-0.1, -0.05) is 131 Å². The Morgan fingerprint density at radius 1 is 0.350 bits per heavy atom. The van der Waals surface area contributed by atoms with Crippen molar-refractivity contribution in [1.82, 2.24) is 18.3 Å². The summed E-state index contributed by atoms with van der Waals surface area (Å²) in [5, 5.41) is 24.7. The zero-order chi connectivity index (χ0) is 53.4. The molecule has 0 spiro atoms. The first kappa shape index (κ1) is 44.3. The van der Waals surface area contributed by atoms with Gasteiger partial charge in [-0.3, -0.25) is 0 Å². The van der Waals surface area contributed by atoms with E-state index in [2.05, 4.69) is 210 Å². The van der Waals surface area contributed by atoms with Crippen molar-refractivity contribution < 1.29 is 8.83 Å².